The van der Waals surface area contributed by atoms with Gasteiger partial charge < -0.3 is 18.9 Å². The molecule has 0 radical (unpaired) electrons. The zero-order chi connectivity index (χ0) is 25.1. The van der Waals surface area contributed by atoms with Crippen molar-refractivity contribution in [2.24, 2.45) is 0 Å². The van der Waals surface area contributed by atoms with Crippen LogP contribution in [0.5, 0.6) is 11.5 Å². The Labute approximate surface area is 206 Å². The van der Waals surface area contributed by atoms with Gasteiger partial charge in [0.2, 0.25) is 11.8 Å². The van der Waals surface area contributed by atoms with Gasteiger partial charge in [0, 0.05) is 24.2 Å². The molecular weight excluding hydrogens is 442 g/mol. The van der Waals surface area contributed by atoms with Gasteiger partial charge in [-0.15, -0.1) is 0 Å². The molecule has 4 rings (SSSR count). The number of hydrogen-bond donors (Lipinski definition) is 0. The summed E-state index contributed by atoms with van der Waals surface area (Å²) in [4.78, 5) is 30.4. The number of rotatable bonds is 8. The van der Waals surface area contributed by atoms with Crippen molar-refractivity contribution in [1.82, 2.24) is 9.47 Å². The number of carbonyl (C=O) groups excluding carboxylic acids is 2. The average molecular weight is 476 g/mol. The molecule has 0 aliphatic carbocycles. The third-order valence-electron chi connectivity index (χ3n) is 6.43. The van der Waals surface area contributed by atoms with E-state index in [2.05, 4.69) is 4.57 Å². The Morgan fingerprint density at radius 3 is 2.40 bits per heavy atom. The topological polar surface area (TPSA) is 64.0 Å². The highest BCUT2D eigenvalue weighted by Crippen LogP contribution is 2.45. The van der Waals surface area contributed by atoms with Crippen molar-refractivity contribution >= 4 is 17.5 Å². The monoisotopic (exact) mass is 475 g/mol. The van der Waals surface area contributed by atoms with Crippen LogP contribution in [0.4, 0.5) is 5.69 Å². The van der Waals surface area contributed by atoms with E-state index in [0.717, 1.165) is 29.1 Å². The van der Waals surface area contributed by atoms with Gasteiger partial charge in [-0.1, -0.05) is 19.1 Å². The van der Waals surface area contributed by atoms with Gasteiger partial charge in [0.25, 0.3) is 0 Å². The highest BCUT2D eigenvalue weighted by atomic mass is 16.5. The predicted molar refractivity (Wildman–Crippen MR) is 136 cm³/mol. The largest absolute Gasteiger partial charge is 0.497 e. The summed E-state index contributed by atoms with van der Waals surface area (Å²) in [5.41, 5.74) is 3.43. The highest BCUT2D eigenvalue weighted by Gasteiger charge is 2.38. The molecule has 35 heavy (non-hydrogen) atoms. The van der Waals surface area contributed by atoms with Crippen LogP contribution in [0.2, 0.25) is 0 Å². The first kappa shape index (κ1) is 24.4. The van der Waals surface area contributed by atoms with Crippen LogP contribution in [-0.4, -0.2) is 48.1 Å². The molecule has 1 aliphatic heterocycles. The molecule has 2 heterocycles. The van der Waals surface area contributed by atoms with E-state index in [1.165, 1.54) is 0 Å². The summed E-state index contributed by atoms with van der Waals surface area (Å²) in [5, 5.41) is 0. The molecule has 3 aromatic rings. The molecule has 1 aliphatic rings. The number of methoxy groups -OCH3 is 2. The molecule has 2 aromatic carbocycles. The number of ether oxygens (including phenoxy) is 2. The quantitative estimate of drug-likeness (QED) is 0.462. The molecule has 0 saturated carbocycles. The molecule has 184 valence electrons. The molecule has 1 unspecified atom stereocenters. The Balaban J connectivity index is 1.88. The number of hydrogen-bond acceptors (Lipinski definition) is 4. The van der Waals surface area contributed by atoms with E-state index in [9.17, 15) is 9.59 Å². The Morgan fingerprint density at radius 1 is 1.00 bits per heavy atom. The van der Waals surface area contributed by atoms with Gasteiger partial charge in [-0.25, -0.2) is 0 Å². The van der Waals surface area contributed by atoms with Gasteiger partial charge in [0.1, 0.15) is 24.1 Å². The second-order valence-electron chi connectivity index (χ2n) is 8.93. The van der Waals surface area contributed by atoms with Crippen molar-refractivity contribution in [2.75, 3.05) is 25.7 Å². The standard InChI is InChI=1S/C28H33N3O4/c1-6-10-26(32)30(19(2)3)18-27(33)31-23-12-8-7-11-22(23)29-16-9-13-24(29)28(31)21-17-20(34-4)14-15-25(21)35-5/h7-9,11-17,19,28H,6,10,18H2,1-5H3. The average Bonchev–Trinajstić information content (AvgIpc) is 3.35. The summed E-state index contributed by atoms with van der Waals surface area (Å²) in [6.45, 7) is 5.85. The van der Waals surface area contributed by atoms with Gasteiger partial charge in [0.05, 0.1) is 31.3 Å². The maximum atomic E-state index is 14.1. The molecule has 1 atom stereocenters. The van der Waals surface area contributed by atoms with E-state index in [1.807, 2.05) is 81.6 Å². The lowest BCUT2D eigenvalue weighted by Gasteiger charge is -2.40. The van der Waals surface area contributed by atoms with Crippen molar-refractivity contribution in [2.45, 2.75) is 45.7 Å². The van der Waals surface area contributed by atoms with Crippen LogP contribution in [0.15, 0.2) is 60.8 Å². The van der Waals surface area contributed by atoms with Crippen LogP contribution >= 0.6 is 0 Å². The van der Waals surface area contributed by atoms with Crippen molar-refractivity contribution in [3.63, 3.8) is 0 Å². The Kier molecular flexibility index (Phi) is 7.15. The van der Waals surface area contributed by atoms with Crippen LogP contribution in [0.1, 0.15) is 50.9 Å². The number of carbonyl (C=O) groups is 2. The first-order chi connectivity index (χ1) is 16.9. The summed E-state index contributed by atoms with van der Waals surface area (Å²) in [7, 11) is 3.24. The number of aromatic nitrogens is 1. The molecule has 0 N–H and O–H groups in total. The van der Waals surface area contributed by atoms with Crippen LogP contribution < -0.4 is 14.4 Å². The van der Waals surface area contributed by atoms with Crippen LogP contribution in [0.25, 0.3) is 5.69 Å². The molecule has 0 bridgehead atoms. The van der Waals surface area contributed by atoms with Crippen LogP contribution in [-0.2, 0) is 9.59 Å². The molecule has 0 fully saturated rings. The van der Waals surface area contributed by atoms with Crippen molar-refractivity contribution in [3.8, 4) is 17.2 Å². The predicted octanol–water partition coefficient (Wildman–Crippen LogP) is 4.97. The number of anilines is 1. The fourth-order valence-corrected chi connectivity index (χ4v) is 4.75. The maximum Gasteiger partial charge on any atom is 0.247 e. The molecular formula is C28H33N3O4. The van der Waals surface area contributed by atoms with Crippen LogP contribution in [0.3, 0.4) is 0 Å². The van der Waals surface area contributed by atoms with E-state index in [0.29, 0.717) is 17.9 Å². The zero-order valence-corrected chi connectivity index (χ0v) is 21.0. The SMILES string of the molecule is CCCC(=O)N(CC(=O)N1c2ccccc2-n2cccc2C1c1cc(OC)ccc1OC)C(C)C. The number of para-hydroxylation sites is 2. The number of amides is 2. The molecule has 2 amide bonds. The molecule has 1 aromatic heterocycles. The lowest BCUT2D eigenvalue weighted by Crippen LogP contribution is -2.48. The molecule has 7 nitrogen and oxygen atoms in total. The van der Waals surface area contributed by atoms with Crippen molar-refractivity contribution < 1.29 is 19.1 Å². The Bertz CT molecular complexity index is 1220. The number of fused-ring (bicyclic) bond motifs is 3. The van der Waals surface area contributed by atoms with E-state index < -0.39 is 6.04 Å². The minimum atomic E-state index is -0.465. The molecule has 0 spiro atoms. The van der Waals surface area contributed by atoms with Crippen molar-refractivity contribution in [1.29, 1.82) is 0 Å². The lowest BCUT2D eigenvalue weighted by molar-refractivity contribution is -0.137. The Morgan fingerprint density at radius 2 is 1.74 bits per heavy atom. The van der Waals surface area contributed by atoms with Gasteiger partial charge in [-0.05, 0) is 62.7 Å². The fraction of sp³-hybridized carbons (Fsp3) is 0.357. The first-order valence-corrected chi connectivity index (χ1v) is 12.0. The number of benzene rings is 2. The molecule has 0 saturated heterocycles. The van der Waals surface area contributed by atoms with E-state index in [4.69, 9.17) is 9.47 Å². The zero-order valence-electron chi connectivity index (χ0n) is 21.0. The van der Waals surface area contributed by atoms with E-state index >= 15 is 0 Å². The summed E-state index contributed by atoms with van der Waals surface area (Å²) in [6, 6.07) is 16.9. The van der Waals surface area contributed by atoms with Gasteiger partial charge in [-0.2, -0.15) is 0 Å². The van der Waals surface area contributed by atoms with E-state index in [1.54, 1.807) is 24.0 Å². The smallest absolute Gasteiger partial charge is 0.247 e. The fourth-order valence-electron chi connectivity index (χ4n) is 4.75. The molecule has 7 heteroatoms. The van der Waals surface area contributed by atoms with Crippen LogP contribution in [0, 0.1) is 0 Å². The van der Waals surface area contributed by atoms with Gasteiger partial charge in [0.15, 0.2) is 0 Å². The van der Waals surface area contributed by atoms with Gasteiger partial charge in [-0.3, -0.25) is 14.5 Å². The number of nitrogens with zero attached hydrogens (tertiary/aromatic N) is 3. The van der Waals surface area contributed by atoms with Gasteiger partial charge >= 0.3 is 0 Å². The third-order valence-corrected chi connectivity index (χ3v) is 6.43. The normalized spacial score (nSPS) is 14.3. The van der Waals surface area contributed by atoms with Crippen molar-refractivity contribution in [3.05, 3.63) is 72.1 Å². The summed E-state index contributed by atoms with van der Waals surface area (Å²) in [6.07, 6.45) is 3.15. The maximum absolute atomic E-state index is 14.1. The lowest BCUT2D eigenvalue weighted by atomic mass is 9.96. The second kappa shape index (κ2) is 10.3. The minimum Gasteiger partial charge on any atom is -0.497 e. The minimum absolute atomic E-state index is 0.00563. The highest BCUT2D eigenvalue weighted by molar-refractivity contribution is 6.00. The second-order valence-corrected chi connectivity index (χ2v) is 8.93. The van der Waals surface area contributed by atoms with E-state index in [-0.39, 0.29) is 24.4 Å². The summed E-state index contributed by atoms with van der Waals surface area (Å²) < 4.78 is 13.3. The third kappa shape index (κ3) is 4.50. The first-order valence-electron chi connectivity index (χ1n) is 12.0. The Hall–Kier alpha value is -3.74. The summed E-state index contributed by atoms with van der Waals surface area (Å²) >= 11 is 0. The summed E-state index contributed by atoms with van der Waals surface area (Å²) in [5.74, 6) is 1.16.